The molecule has 0 saturated carbocycles. The molecule has 0 aliphatic rings. The minimum absolute atomic E-state index is 0.427. The zero-order chi connectivity index (χ0) is 14.8. The number of anilines is 1. The molecular weight excluding hydrogens is 355 g/mol. The van der Waals surface area contributed by atoms with E-state index < -0.39 is 11.7 Å². The van der Waals surface area contributed by atoms with Gasteiger partial charge in [-0.1, -0.05) is 23.7 Å². The first-order chi connectivity index (χ1) is 9.36. The largest absolute Gasteiger partial charge is 0.416 e. The van der Waals surface area contributed by atoms with E-state index in [4.69, 9.17) is 11.6 Å². The van der Waals surface area contributed by atoms with Crippen LogP contribution in [0.4, 0.5) is 18.9 Å². The molecule has 1 nitrogen and oxygen atoms in total. The van der Waals surface area contributed by atoms with Gasteiger partial charge in [-0.25, -0.2) is 0 Å². The van der Waals surface area contributed by atoms with Crippen molar-refractivity contribution in [3.8, 4) is 0 Å². The molecule has 0 amide bonds. The van der Waals surface area contributed by atoms with Crippen molar-refractivity contribution in [3.63, 3.8) is 0 Å². The highest BCUT2D eigenvalue weighted by molar-refractivity contribution is 9.10. The van der Waals surface area contributed by atoms with Crippen LogP contribution in [0.1, 0.15) is 11.1 Å². The predicted octanol–water partition coefficient (Wildman–Crippen LogP) is 5.73. The molecular formula is C14H10BrClF3N. The number of nitrogens with one attached hydrogen (secondary N) is 1. The van der Waals surface area contributed by atoms with Crippen molar-refractivity contribution in [1.82, 2.24) is 0 Å². The number of rotatable bonds is 3. The third-order valence-corrected chi connectivity index (χ3v) is 3.93. The van der Waals surface area contributed by atoms with E-state index in [2.05, 4.69) is 21.2 Å². The lowest BCUT2D eigenvalue weighted by Crippen LogP contribution is -2.05. The maximum Gasteiger partial charge on any atom is 0.416 e. The summed E-state index contributed by atoms with van der Waals surface area (Å²) in [7, 11) is 0. The van der Waals surface area contributed by atoms with E-state index in [-0.39, 0.29) is 0 Å². The fourth-order valence-corrected chi connectivity index (χ4v) is 2.05. The van der Waals surface area contributed by atoms with Crippen molar-refractivity contribution in [1.29, 1.82) is 0 Å². The van der Waals surface area contributed by atoms with Crippen molar-refractivity contribution in [2.24, 2.45) is 0 Å². The van der Waals surface area contributed by atoms with Crippen molar-refractivity contribution in [2.75, 3.05) is 5.32 Å². The van der Waals surface area contributed by atoms with Crippen LogP contribution in [0.3, 0.4) is 0 Å². The summed E-state index contributed by atoms with van der Waals surface area (Å²) in [6, 6.07) is 10.4. The molecule has 1 N–H and O–H groups in total. The average molecular weight is 365 g/mol. The fourth-order valence-electron chi connectivity index (χ4n) is 1.62. The Morgan fingerprint density at radius 3 is 2.25 bits per heavy atom. The molecule has 20 heavy (non-hydrogen) atoms. The van der Waals surface area contributed by atoms with Gasteiger partial charge in [0.1, 0.15) is 0 Å². The van der Waals surface area contributed by atoms with E-state index in [1.165, 1.54) is 12.1 Å². The van der Waals surface area contributed by atoms with E-state index in [0.29, 0.717) is 11.6 Å². The third kappa shape index (κ3) is 3.90. The minimum Gasteiger partial charge on any atom is -0.381 e. The lowest BCUT2D eigenvalue weighted by Gasteiger charge is -2.10. The molecule has 2 aromatic rings. The Kier molecular flexibility index (Phi) is 4.60. The quantitative estimate of drug-likeness (QED) is 0.733. The Hall–Kier alpha value is -1.20. The van der Waals surface area contributed by atoms with E-state index in [1.807, 2.05) is 6.07 Å². The highest BCUT2D eigenvalue weighted by Crippen LogP contribution is 2.29. The normalized spacial score (nSPS) is 11.4. The fraction of sp³-hybridized carbons (Fsp3) is 0.143. The third-order valence-electron chi connectivity index (χ3n) is 2.70. The second-order valence-electron chi connectivity index (χ2n) is 4.18. The zero-order valence-corrected chi connectivity index (χ0v) is 12.5. The number of halogens is 5. The molecule has 0 spiro atoms. The summed E-state index contributed by atoms with van der Waals surface area (Å²) >= 11 is 9.24. The molecule has 0 radical (unpaired) electrons. The second kappa shape index (κ2) is 6.06. The minimum atomic E-state index is -4.30. The highest BCUT2D eigenvalue weighted by atomic mass is 79.9. The van der Waals surface area contributed by atoms with Crippen LogP contribution in [0.25, 0.3) is 0 Å². The van der Waals surface area contributed by atoms with E-state index in [1.54, 1.807) is 12.1 Å². The lowest BCUT2D eigenvalue weighted by atomic mass is 10.1. The van der Waals surface area contributed by atoms with Crippen molar-refractivity contribution in [3.05, 3.63) is 63.1 Å². The number of benzene rings is 2. The molecule has 0 aliphatic carbocycles. The summed E-state index contributed by atoms with van der Waals surface area (Å²) in [6.45, 7) is 0.427. The average Bonchev–Trinajstić information content (AvgIpc) is 2.40. The van der Waals surface area contributed by atoms with Gasteiger partial charge in [0, 0.05) is 16.7 Å². The van der Waals surface area contributed by atoms with Gasteiger partial charge in [0.25, 0.3) is 0 Å². The van der Waals surface area contributed by atoms with Crippen LogP contribution in [0, 0.1) is 0 Å². The van der Waals surface area contributed by atoms with Gasteiger partial charge in [-0.05, 0) is 51.8 Å². The van der Waals surface area contributed by atoms with E-state index in [0.717, 1.165) is 27.9 Å². The van der Waals surface area contributed by atoms with Crippen LogP contribution in [-0.4, -0.2) is 0 Å². The topological polar surface area (TPSA) is 12.0 Å². The zero-order valence-electron chi connectivity index (χ0n) is 10.1. The first kappa shape index (κ1) is 15.2. The highest BCUT2D eigenvalue weighted by Gasteiger charge is 2.29. The maximum atomic E-state index is 12.4. The van der Waals surface area contributed by atoms with Crippen LogP contribution in [0.2, 0.25) is 5.02 Å². The molecule has 0 aliphatic heterocycles. The molecule has 2 aromatic carbocycles. The van der Waals surface area contributed by atoms with Gasteiger partial charge in [0.05, 0.1) is 10.6 Å². The van der Waals surface area contributed by atoms with Crippen molar-refractivity contribution >= 4 is 33.2 Å². The summed E-state index contributed by atoms with van der Waals surface area (Å²) in [5.41, 5.74) is 0.920. The van der Waals surface area contributed by atoms with Crippen LogP contribution in [0.5, 0.6) is 0 Å². The number of hydrogen-bond donors (Lipinski definition) is 1. The summed E-state index contributed by atoms with van der Waals surface area (Å²) in [6.07, 6.45) is -4.30. The molecule has 0 saturated heterocycles. The molecule has 0 atom stereocenters. The maximum absolute atomic E-state index is 12.4. The van der Waals surface area contributed by atoms with Gasteiger partial charge in [-0.2, -0.15) is 13.2 Å². The molecule has 0 unspecified atom stereocenters. The summed E-state index contributed by atoms with van der Waals surface area (Å²) in [4.78, 5) is 0. The Morgan fingerprint density at radius 2 is 1.70 bits per heavy atom. The van der Waals surface area contributed by atoms with Gasteiger partial charge in [-0.15, -0.1) is 0 Å². The molecule has 0 aromatic heterocycles. The molecule has 0 bridgehead atoms. The standard InChI is InChI=1S/C14H10BrClF3N/c15-12-6-5-11(7-13(12)16)20-8-9-1-3-10(4-2-9)14(17,18)19/h1-7,20H,8H2. The summed E-state index contributed by atoms with van der Waals surface area (Å²) in [5, 5.41) is 3.67. The molecule has 0 heterocycles. The van der Waals surface area contributed by atoms with Gasteiger partial charge in [-0.3, -0.25) is 0 Å². The molecule has 6 heteroatoms. The van der Waals surface area contributed by atoms with Crippen LogP contribution in [-0.2, 0) is 12.7 Å². The molecule has 2 rings (SSSR count). The Balaban J connectivity index is 2.02. The van der Waals surface area contributed by atoms with Gasteiger partial charge < -0.3 is 5.32 Å². The van der Waals surface area contributed by atoms with E-state index in [9.17, 15) is 13.2 Å². The van der Waals surface area contributed by atoms with Gasteiger partial charge >= 0.3 is 6.18 Å². The Morgan fingerprint density at radius 1 is 1.05 bits per heavy atom. The smallest absolute Gasteiger partial charge is 0.381 e. The summed E-state index contributed by atoms with van der Waals surface area (Å²) < 4.78 is 38.0. The summed E-state index contributed by atoms with van der Waals surface area (Å²) in [5.74, 6) is 0. The Bertz CT molecular complexity index is 596. The predicted molar refractivity (Wildman–Crippen MR) is 77.9 cm³/mol. The Labute approximate surface area is 127 Å². The van der Waals surface area contributed by atoms with Crippen LogP contribution >= 0.6 is 27.5 Å². The first-order valence-corrected chi connectivity index (χ1v) is 6.88. The van der Waals surface area contributed by atoms with Gasteiger partial charge in [0.2, 0.25) is 0 Å². The second-order valence-corrected chi connectivity index (χ2v) is 5.44. The van der Waals surface area contributed by atoms with Gasteiger partial charge in [0.15, 0.2) is 0 Å². The van der Waals surface area contributed by atoms with Crippen molar-refractivity contribution in [2.45, 2.75) is 12.7 Å². The number of alkyl halides is 3. The SMILES string of the molecule is FC(F)(F)c1ccc(CNc2ccc(Br)c(Cl)c2)cc1. The van der Waals surface area contributed by atoms with Crippen LogP contribution < -0.4 is 5.32 Å². The monoisotopic (exact) mass is 363 g/mol. The number of hydrogen-bond acceptors (Lipinski definition) is 1. The van der Waals surface area contributed by atoms with E-state index >= 15 is 0 Å². The van der Waals surface area contributed by atoms with Crippen LogP contribution in [0.15, 0.2) is 46.9 Å². The molecule has 106 valence electrons. The lowest BCUT2D eigenvalue weighted by molar-refractivity contribution is -0.137. The molecule has 0 fully saturated rings. The van der Waals surface area contributed by atoms with Crippen molar-refractivity contribution < 1.29 is 13.2 Å². The first-order valence-electron chi connectivity index (χ1n) is 5.71.